The van der Waals surface area contributed by atoms with Crippen molar-refractivity contribution < 1.29 is 9.53 Å². The molecule has 1 aliphatic rings. The molecule has 1 aromatic carbocycles. The Bertz CT molecular complexity index is 545. The highest BCUT2D eigenvalue weighted by Crippen LogP contribution is 2.34. The molecule has 6 heteroatoms. The summed E-state index contributed by atoms with van der Waals surface area (Å²) in [6.07, 6.45) is 1.75. The molecule has 0 aliphatic carbocycles. The van der Waals surface area contributed by atoms with Crippen molar-refractivity contribution in [1.82, 2.24) is 5.32 Å². The van der Waals surface area contributed by atoms with E-state index in [0.717, 1.165) is 24.2 Å². The number of carbonyl (C=O) groups excluding carboxylic acids is 1. The fraction of sp³-hybridized carbons (Fsp3) is 0.500. The number of hydrogen-bond donors (Lipinski definition) is 2. The molecule has 0 spiro atoms. The van der Waals surface area contributed by atoms with Gasteiger partial charge in [-0.05, 0) is 37.5 Å². The smallest absolute Gasteiger partial charge is 0.251 e. The Balaban J connectivity index is 2.01. The Morgan fingerprint density at radius 1 is 1.45 bits per heavy atom. The number of ether oxygens (including phenoxy) is 1. The van der Waals surface area contributed by atoms with Gasteiger partial charge >= 0.3 is 0 Å². The van der Waals surface area contributed by atoms with E-state index in [0.29, 0.717) is 23.9 Å². The van der Waals surface area contributed by atoms with Gasteiger partial charge < -0.3 is 15.8 Å². The van der Waals surface area contributed by atoms with E-state index < -0.39 is 0 Å². The molecule has 0 saturated heterocycles. The van der Waals surface area contributed by atoms with Crippen LogP contribution in [0.4, 0.5) is 0 Å². The molecular weight excluding hydrogens is 298 g/mol. The maximum atomic E-state index is 12.0. The maximum absolute atomic E-state index is 12.0. The number of amidine groups is 1. The van der Waals surface area contributed by atoms with Crippen molar-refractivity contribution >= 4 is 22.8 Å². The molecule has 2 rings (SSSR count). The third-order valence-electron chi connectivity index (χ3n) is 3.78. The molecule has 1 aliphatic heterocycles. The van der Waals surface area contributed by atoms with Gasteiger partial charge in [0.15, 0.2) is 5.17 Å². The zero-order valence-electron chi connectivity index (χ0n) is 13.1. The Morgan fingerprint density at radius 2 is 2.18 bits per heavy atom. The minimum absolute atomic E-state index is 0.0602. The maximum Gasteiger partial charge on any atom is 0.251 e. The zero-order chi connectivity index (χ0) is 16.0. The first-order valence-corrected chi connectivity index (χ1v) is 8.39. The molecule has 1 atom stereocenters. The van der Waals surface area contributed by atoms with Crippen LogP contribution in [0.5, 0.6) is 0 Å². The van der Waals surface area contributed by atoms with Gasteiger partial charge in [-0.15, -0.1) is 0 Å². The second kappa shape index (κ2) is 7.65. The van der Waals surface area contributed by atoms with Gasteiger partial charge in [0.1, 0.15) is 0 Å². The molecule has 0 fully saturated rings. The van der Waals surface area contributed by atoms with E-state index >= 15 is 0 Å². The summed E-state index contributed by atoms with van der Waals surface area (Å²) in [5.41, 5.74) is 7.30. The van der Waals surface area contributed by atoms with Crippen molar-refractivity contribution in [3.05, 3.63) is 35.4 Å². The predicted octanol–water partition coefficient (Wildman–Crippen LogP) is 2.12. The number of nitrogens with one attached hydrogen (secondary N) is 1. The highest BCUT2D eigenvalue weighted by Gasteiger charge is 2.29. The highest BCUT2D eigenvalue weighted by molar-refractivity contribution is 8.13. The number of amides is 1. The minimum Gasteiger partial charge on any atom is -0.385 e. The van der Waals surface area contributed by atoms with Crippen LogP contribution in [0.25, 0.3) is 0 Å². The van der Waals surface area contributed by atoms with Gasteiger partial charge in [0.25, 0.3) is 5.91 Å². The molecule has 0 radical (unpaired) electrons. The van der Waals surface area contributed by atoms with Gasteiger partial charge in [-0.2, -0.15) is 0 Å². The molecule has 0 saturated carbocycles. The van der Waals surface area contributed by atoms with Gasteiger partial charge in [-0.1, -0.05) is 23.9 Å². The molecule has 120 valence electrons. The van der Waals surface area contributed by atoms with E-state index in [4.69, 9.17) is 10.5 Å². The topological polar surface area (TPSA) is 76.7 Å². The lowest BCUT2D eigenvalue weighted by atomic mass is 9.89. The average Bonchev–Trinajstić information content (AvgIpc) is 2.51. The van der Waals surface area contributed by atoms with E-state index in [-0.39, 0.29) is 11.4 Å². The quantitative estimate of drug-likeness (QED) is 0.787. The number of hydrogen-bond acceptors (Lipinski definition) is 5. The summed E-state index contributed by atoms with van der Waals surface area (Å²) < 4.78 is 4.96. The minimum atomic E-state index is -0.289. The van der Waals surface area contributed by atoms with Crippen molar-refractivity contribution in [3.8, 4) is 0 Å². The van der Waals surface area contributed by atoms with Gasteiger partial charge in [0.2, 0.25) is 0 Å². The van der Waals surface area contributed by atoms with Crippen LogP contribution in [-0.2, 0) is 10.3 Å². The van der Waals surface area contributed by atoms with E-state index in [9.17, 15) is 4.79 Å². The summed E-state index contributed by atoms with van der Waals surface area (Å²) in [4.78, 5) is 16.6. The first kappa shape index (κ1) is 16.8. The Labute approximate surface area is 135 Å². The van der Waals surface area contributed by atoms with Crippen LogP contribution in [-0.4, -0.2) is 37.1 Å². The zero-order valence-corrected chi connectivity index (χ0v) is 13.9. The first-order chi connectivity index (χ1) is 10.5. The molecule has 3 N–H and O–H groups in total. The molecular formula is C16H23N3O2S. The van der Waals surface area contributed by atoms with Gasteiger partial charge in [-0.25, -0.2) is 0 Å². The van der Waals surface area contributed by atoms with Crippen LogP contribution in [0, 0.1) is 0 Å². The molecule has 1 aromatic rings. The van der Waals surface area contributed by atoms with Crippen molar-refractivity contribution in [2.75, 3.05) is 26.0 Å². The monoisotopic (exact) mass is 321 g/mol. The van der Waals surface area contributed by atoms with E-state index in [1.807, 2.05) is 24.3 Å². The van der Waals surface area contributed by atoms with E-state index in [2.05, 4.69) is 17.2 Å². The van der Waals surface area contributed by atoms with Crippen LogP contribution in [0.2, 0.25) is 0 Å². The lowest BCUT2D eigenvalue weighted by molar-refractivity contribution is 0.0948. The van der Waals surface area contributed by atoms with E-state index in [1.165, 1.54) is 0 Å². The van der Waals surface area contributed by atoms with Crippen LogP contribution >= 0.6 is 11.8 Å². The largest absolute Gasteiger partial charge is 0.385 e. The lowest BCUT2D eigenvalue weighted by Crippen LogP contribution is -2.29. The van der Waals surface area contributed by atoms with Crippen molar-refractivity contribution in [1.29, 1.82) is 0 Å². The summed E-state index contributed by atoms with van der Waals surface area (Å²) in [5.74, 6) is 0.906. The Morgan fingerprint density at radius 3 is 2.82 bits per heavy atom. The summed E-state index contributed by atoms with van der Waals surface area (Å²) in [7, 11) is 1.65. The average molecular weight is 321 g/mol. The molecule has 1 heterocycles. The molecule has 0 aromatic heterocycles. The molecule has 22 heavy (non-hydrogen) atoms. The number of nitrogens with two attached hydrogens (primary N) is 1. The second-order valence-corrected chi connectivity index (χ2v) is 6.62. The van der Waals surface area contributed by atoms with Crippen molar-refractivity contribution in [3.63, 3.8) is 0 Å². The number of thioether (sulfide) groups is 1. The number of carbonyl (C=O) groups is 1. The summed E-state index contributed by atoms with van der Waals surface area (Å²) in [6, 6.07) is 7.63. The fourth-order valence-electron chi connectivity index (χ4n) is 2.40. The van der Waals surface area contributed by atoms with Gasteiger partial charge in [-0.3, -0.25) is 9.79 Å². The fourth-order valence-corrected chi connectivity index (χ4v) is 3.37. The van der Waals surface area contributed by atoms with Crippen molar-refractivity contribution in [2.24, 2.45) is 10.7 Å². The summed E-state index contributed by atoms with van der Waals surface area (Å²) >= 11 is 1.59. The number of rotatable bonds is 6. The molecule has 5 nitrogen and oxygen atoms in total. The highest BCUT2D eigenvalue weighted by atomic mass is 32.2. The Hall–Kier alpha value is -1.53. The normalized spacial score (nSPS) is 21.3. The number of benzene rings is 1. The second-order valence-electron chi connectivity index (χ2n) is 5.50. The SMILES string of the molecule is COCCCNC(=O)c1ccc(C2(C)CCSC(N)=N2)cc1. The standard InChI is InChI=1S/C16H23N3O2S/c1-16(8-11-22-15(17)19-16)13-6-4-12(5-7-13)14(20)18-9-3-10-21-2/h4-7H,3,8-11H2,1-2H3,(H2,17,19)(H,18,20). The van der Waals surface area contributed by atoms with Crippen LogP contribution < -0.4 is 11.1 Å². The third-order valence-corrected chi connectivity index (χ3v) is 4.57. The Kier molecular flexibility index (Phi) is 5.85. The van der Waals surface area contributed by atoms with Crippen LogP contribution in [0.1, 0.15) is 35.7 Å². The number of nitrogens with zero attached hydrogens (tertiary/aromatic N) is 1. The number of aliphatic imine (C=N–C) groups is 1. The van der Waals surface area contributed by atoms with Crippen LogP contribution in [0.15, 0.2) is 29.3 Å². The third kappa shape index (κ3) is 4.24. The van der Waals surface area contributed by atoms with Crippen LogP contribution in [0.3, 0.4) is 0 Å². The predicted molar refractivity (Wildman–Crippen MR) is 91.3 cm³/mol. The summed E-state index contributed by atoms with van der Waals surface area (Å²) in [6.45, 7) is 3.35. The van der Waals surface area contributed by atoms with Crippen molar-refractivity contribution in [2.45, 2.75) is 25.3 Å². The lowest BCUT2D eigenvalue weighted by Gasteiger charge is -2.29. The van der Waals surface area contributed by atoms with Gasteiger partial charge in [0, 0.05) is 31.6 Å². The first-order valence-electron chi connectivity index (χ1n) is 7.41. The van der Waals surface area contributed by atoms with Gasteiger partial charge in [0.05, 0.1) is 5.54 Å². The van der Waals surface area contributed by atoms with E-state index in [1.54, 1.807) is 18.9 Å². The molecule has 1 amide bonds. The summed E-state index contributed by atoms with van der Waals surface area (Å²) in [5, 5.41) is 3.51. The number of methoxy groups -OCH3 is 1. The molecule has 1 unspecified atom stereocenters. The molecule has 0 bridgehead atoms.